The Balaban J connectivity index is 1.41. The van der Waals surface area contributed by atoms with Gasteiger partial charge < -0.3 is 9.64 Å². The summed E-state index contributed by atoms with van der Waals surface area (Å²) in [6.45, 7) is 6.60. The molecule has 1 aliphatic rings. The molecule has 2 atom stereocenters. The molecular formula is C28H40N2O3. The predicted molar refractivity (Wildman–Crippen MR) is 132 cm³/mol. The molecule has 1 heterocycles. The van der Waals surface area contributed by atoms with Crippen molar-refractivity contribution in [1.82, 2.24) is 10.4 Å². The standard InChI is InChI=1S/C28H40N2O3/c1-2-3-10-27-19-28(31)30(21-27)17-15-24(16-18-32-22-25-11-6-4-7-12-25)20-29-33-23-26-13-8-5-9-14-26/h4-9,11-14,24,27,29H,2-3,10,15-23H2,1H3/t24-,27?/m0/s1. The van der Waals surface area contributed by atoms with Crippen LogP contribution < -0.4 is 5.48 Å². The van der Waals surface area contributed by atoms with Gasteiger partial charge in [0.2, 0.25) is 5.91 Å². The lowest BCUT2D eigenvalue weighted by Gasteiger charge is -2.22. The zero-order chi connectivity index (χ0) is 23.1. The smallest absolute Gasteiger partial charge is 0.222 e. The van der Waals surface area contributed by atoms with Crippen LogP contribution in [0.2, 0.25) is 0 Å². The van der Waals surface area contributed by atoms with Gasteiger partial charge in [0.25, 0.3) is 0 Å². The Labute approximate surface area is 199 Å². The molecule has 0 radical (unpaired) electrons. The fourth-order valence-corrected chi connectivity index (χ4v) is 4.34. The second kappa shape index (κ2) is 14.8. The molecule has 2 aromatic carbocycles. The summed E-state index contributed by atoms with van der Waals surface area (Å²) in [5.41, 5.74) is 5.50. The Morgan fingerprint density at radius 1 is 1.00 bits per heavy atom. The number of nitrogens with one attached hydrogen (secondary N) is 1. The molecule has 0 saturated carbocycles. The molecule has 1 saturated heterocycles. The fourth-order valence-electron chi connectivity index (χ4n) is 4.34. The minimum atomic E-state index is 0.323. The number of benzene rings is 2. The molecule has 3 rings (SSSR count). The molecule has 0 spiro atoms. The van der Waals surface area contributed by atoms with Gasteiger partial charge in [0.15, 0.2) is 0 Å². The zero-order valence-corrected chi connectivity index (χ0v) is 20.1. The van der Waals surface area contributed by atoms with Crippen LogP contribution >= 0.6 is 0 Å². The first-order chi connectivity index (χ1) is 16.2. The number of ether oxygens (including phenoxy) is 1. The number of carbonyl (C=O) groups is 1. The average Bonchev–Trinajstić information content (AvgIpc) is 3.21. The van der Waals surface area contributed by atoms with Crippen LogP contribution in [0, 0.1) is 11.8 Å². The number of rotatable bonds is 16. The quantitative estimate of drug-likeness (QED) is 0.275. The summed E-state index contributed by atoms with van der Waals surface area (Å²) in [5.74, 6) is 1.25. The van der Waals surface area contributed by atoms with Crippen molar-refractivity contribution in [2.75, 3.05) is 26.2 Å². The van der Waals surface area contributed by atoms with Gasteiger partial charge in [-0.2, -0.15) is 0 Å². The normalized spacial score (nSPS) is 16.9. The molecule has 0 aliphatic carbocycles. The van der Waals surface area contributed by atoms with Gasteiger partial charge in [-0.05, 0) is 42.2 Å². The van der Waals surface area contributed by atoms with Crippen molar-refractivity contribution in [2.45, 2.75) is 58.7 Å². The van der Waals surface area contributed by atoms with E-state index in [2.05, 4.69) is 41.6 Å². The van der Waals surface area contributed by atoms with Crippen molar-refractivity contribution in [3.63, 3.8) is 0 Å². The van der Waals surface area contributed by atoms with Crippen LogP contribution in [0.5, 0.6) is 0 Å². The lowest BCUT2D eigenvalue weighted by atomic mass is 10.0. The summed E-state index contributed by atoms with van der Waals surface area (Å²) >= 11 is 0. The number of likely N-dealkylation sites (tertiary alicyclic amines) is 1. The topological polar surface area (TPSA) is 50.8 Å². The minimum Gasteiger partial charge on any atom is -0.377 e. The Morgan fingerprint density at radius 3 is 2.39 bits per heavy atom. The summed E-state index contributed by atoms with van der Waals surface area (Å²) < 4.78 is 5.93. The Morgan fingerprint density at radius 2 is 1.70 bits per heavy atom. The number of nitrogens with zero attached hydrogens (tertiary/aromatic N) is 1. The van der Waals surface area contributed by atoms with Crippen LogP contribution in [-0.2, 0) is 27.6 Å². The summed E-state index contributed by atoms with van der Waals surface area (Å²) in [7, 11) is 0. The second-order valence-corrected chi connectivity index (χ2v) is 9.16. The highest BCUT2D eigenvalue weighted by Crippen LogP contribution is 2.24. The molecule has 0 aromatic heterocycles. The molecule has 1 aliphatic heterocycles. The van der Waals surface area contributed by atoms with E-state index in [1.807, 2.05) is 36.4 Å². The van der Waals surface area contributed by atoms with Crippen molar-refractivity contribution in [3.8, 4) is 0 Å². The third-order valence-electron chi connectivity index (χ3n) is 6.41. The molecular weight excluding hydrogens is 412 g/mol. The van der Waals surface area contributed by atoms with E-state index in [1.54, 1.807) is 0 Å². The lowest BCUT2D eigenvalue weighted by molar-refractivity contribution is -0.127. The molecule has 2 aromatic rings. The van der Waals surface area contributed by atoms with Crippen LogP contribution in [0.3, 0.4) is 0 Å². The summed E-state index contributed by atoms with van der Waals surface area (Å²) in [5, 5.41) is 0. The van der Waals surface area contributed by atoms with Gasteiger partial charge >= 0.3 is 0 Å². The average molecular weight is 453 g/mol. The number of unbranched alkanes of at least 4 members (excludes halogenated alkanes) is 1. The van der Waals surface area contributed by atoms with E-state index in [1.165, 1.54) is 24.8 Å². The fraction of sp³-hybridized carbons (Fsp3) is 0.536. The van der Waals surface area contributed by atoms with E-state index in [9.17, 15) is 4.79 Å². The van der Waals surface area contributed by atoms with E-state index >= 15 is 0 Å². The van der Waals surface area contributed by atoms with Gasteiger partial charge in [-0.1, -0.05) is 80.4 Å². The maximum atomic E-state index is 12.5. The minimum absolute atomic E-state index is 0.323. The van der Waals surface area contributed by atoms with Crippen LogP contribution in [0.15, 0.2) is 60.7 Å². The van der Waals surface area contributed by atoms with Crippen LogP contribution in [-0.4, -0.2) is 37.0 Å². The van der Waals surface area contributed by atoms with Crippen LogP contribution in [0.1, 0.15) is 56.6 Å². The summed E-state index contributed by atoms with van der Waals surface area (Å²) in [6, 6.07) is 20.4. The van der Waals surface area contributed by atoms with Crippen molar-refractivity contribution in [1.29, 1.82) is 0 Å². The van der Waals surface area contributed by atoms with Crippen LogP contribution in [0.25, 0.3) is 0 Å². The number of hydrogen-bond acceptors (Lipinski definition) is 4. The number of hydrogen-bond donors (Lipinski definition) is 1. The molecule has 1 N–H and O–H groups in total. The van der Waals surface area contributed by atoms with Gasteiger partial charge in [0.05, 0.1) is 13.2 Å². The van der Waals surface area contributed by atoms with E-state index in [0.717, 1.165) is 44.5 Å². The number of carbonyl (C=O) groups excluding carboxylic acids is 1. The molecule has 180 valence electrons. The van der Waals surface area contributed by atoms with E-state index in [4.69, 9.17) is 9.57 Å². The maximum Gasteiger partial charge on any atom is 0.222 e. The SMILES string of the molecule is CCCCC1CC(=O)N(CC[C@@H](CCOCc2ccccc2)CNOCc2ccccc2)C1. The Bertz CT molecular complexity index is 737. The van der Waals surface area contributed by atoms with E-state index in [0.29, 0.717) is 37.6 Å². The maximum absolute atomic E-state index is 12.5. The first-order valence-corrected chi connectivity index (χ1v) is 12.5. The van der Waals surface area contributed by atoms with E-state index in [-0.39, 0.29) is 0 Å². The van der Waals surface area contributed by atoms with Gasteiger partial charge in [-0.3, -0.25) is 9.63 Å². The largest absolute Gasteiger partial charge is 0.377 e. The molecule has 1 amide bonds. The van der Waals surface area contributed by atoms with Gasteiger partial charge in [0, 0.05) is 32.7 Å². The third-order valence-corrected chi connectivity index (χ3v) is 6.41. The molecule has 0 bridgehead atoms. The van der Waals surface area contributed by atoms with Crippen molar-refractivity contribution in [3.05, 3.63) is 71.8 Å². The zero-order valence-electron chi connectivity index (χ0n) is 20.1. The lowest BCUT2D eigenvalue weighted by Crippen LogP contribution is -2.31. The highest BCUT2D eigenvalue weighted by Gasteiger charge is 2.29. The Kier molecular flexibility index (Phi) is 11.4. The predicted octanol–water partition coefficient (Wildman–Crippen LogP) is 5.36. The molecule has 1 unspecified atom stereocenters. The van der Waals surface area contributed by atoms with Crippen molar-refractivity contribution < 1.29 is 14.4 Å². The summed E-state index contributed by atoms with van der Waals surface area (Å²) in [4.78, 5) is 20.2. The highest BCUT2D eigenvalue weighted by molar-refractivity contribution is 5.78. The first kappa shape index (κ1) is 25.4. The third kappa shape index (κ3) is 9.66. The molecule has 5 nitrogen and oxygen atoms in total. The van der Waals surface area contributed by atoms with E-state index < -0.39 is 0 Å². The van der Waals surface area contributed by atoms with Crippen LogP contribution in [0.4, 0.5) is 0 Å². The molecule has 33 heavy (non-hydrogen) atoms. The second-order valence-electron chi connectivity index (χ2n) is 9.16. The molecule has 5 heteroatoms. The monoisotopic (exact) mass is 452 g/mol. The highest BCUT2D eigenvalue weighted by atomic mass is 16.6. The number of amides is 1. The van der Waals surface area contributed by atoms with Gasteiger partial charge in [-0.15, -0.1) is 0 Å². The van der Waals surface area contributed by atoms with Gasteiger partial charge in [-0.25, -0.2) is 5.48 Å². The first-order valence-electron chi connectivity index (χ1n) is 12.5. The number of hydroxylamine groups is 1. The van der Waals surface area contributed by atoms with Crippen molar-refractivity contribution in [2.24, 2.45) is 11.8 Å². The summed E-state index contributed by atoms with van der Waals surface area (Å²) in [6.07, 6.45) is 6.21. The molecule has 1 fully saturated rings. The Hall–Kier alpha value is -2.21. The van der Waals surface area contributed by atoms with Gasteiger partial charge in [0.1, 0.15) is 0 Å². The van der Waals surface area contributed by atoms with Crippen molar-refractivity contribution >= 4 is 5.91 Å².